The van der Waals surface area contributed by atoms with E-state index in [0.717, 1.165) is 17.7 Å². The van der Waals surface area contributed by atoms with Crippen LogP contribution < -0.4 is 11.1 Å². The molecular weight excluding hydrogens is 242 g/mol. The van der Waals surface area contributed by atoms with Crippen LogP contribution in [0.3, 0.4) is 0 Å². The van der Waals surface area contributed by atoms with Crippen molar-refractivity contribution in [3.63, 3.8) is 0 Å². The van der Waals surface area contributed by atoms with Crippen LogP contribution in [0.1, 0.15) is 25.0 Å². The van der Waals surface area contributed by atoms with Crippen molar-refractivity contribution in [1.29, 1.82) is 0 Å². The molecule has 1 unspecified atom stereocenters. The Bertz CT molecular complexity index is 419. The summed E-state index contributed by atoms with van der Waals surface area (Å²) in [6.45, 7) is 5.71. The predicted octanol–water partition coefficient (Wildman–Crippen LogP) is 1.54. The molecule has 0 aliphatic rings. The first kappa shape index (κ1) is 15.5. The summed E-state index contributed by atoms with van der Waals surface area (Å²) in [5.41, 5.74) is 7.38. The van der Waals surface area contributed by atoms with E-state index in [1.54, 1.807) is 7.11 Å². The smallest absolute Gasteiger partial charge is 0.170 e. The van der Waals surface area contributed by atoms with Crippen LogP contribution >= 0.6 is 0 Å². The summed E-state index contributed by atoms with van der Waals surface area (Å²) >= 11 is 0. The SMILES string of the molecule is COCC(NCc1cccc(C(N)=NO)c1)C(C)C. The van der Waals surface area contributed by atoms with Gasteiger partial charge in [-0.2, -0.15) is 0 Å². The van der Waals surface area contributed by atoms with Gasteiger partial charge in [0.15, 0.2) is 5.84 Å². The maximum atomic E-state index is 8.67. The molecule has 0 fully saturated rings. The zero-order valence-electron chi connectivity index (χ0n) is 11.8. The lowest BCUT2D eigenvalue weighted by Crippen LogP contribution is -2.37. The quantitative estimate of drug-likeness (QED) is 0.302. The Hall–Kier alpha value is -1.59. The number of nitrogens with two attached hydrogens (primary N) is 1. The van der Waals surface area contributed by atoms with Gasteiger partial charge in [-0.15, -0.1) is 0 Å². The number of oxime groups is 1. The van der Waals surface area contributed by atoms with Crippen LogP contribution in [0.25, 0.3) is 0 Å². The van der Waals surface area contributed by atoms with Gasteiger partial charge in [0.05, 0.1) is 6.61 Å². The highest BCUT2D eigenvalue weighted by Crippen LogP contribution is 2.07. The van der Waals surface area contributed by atoms with Crippen molar-refractivity contribution in [2.24, 2.45) is 16.8 Å². The maximum Gasteiger partial charge on any atom is 0.170 e. The largest absolute Gasteiger partial charge is 0.409 e. The Labute approximate surface area is 114 Å². The van der Waals surface area contributed by atoms with E-state index in [2.05, 4.69) is 24.3 Å². The molecule has 0 bridgehead atoms. The highest BCUT2D eigenvalue weighted by Gasteiger charge is 2.12. The summed E-state index contributed by atoms with van der Waals surface area (Å²) in [6.07, 6.45) is 0. The van der Waals surface area contributed by atoms with Crippen molar-refractivity contribution in [2.75, 3.05) is 13.7 Å². The number of rotatable bonds is 7. The molecular formula is C14H23N3O2. The van der Waals surface area contributed by atoms with E-state index in [0.29, 0.717) is 18.6 Å². The van der Waals surface area contributed by atoms with Gasteiger partial charge in [-0.1, -0.05) is 37.2 Å². The minimum absolute atomic E-state index is 0.124. The summed E-state index contributed by atoms with van der Waals surface area (Å²) in [7, 11) is 1.70. The molecule has 1 aromatic carbocycles. The van der Waals surface area contributed by atoms with E-state index >= 15 is 0 Å². The van der Waals surface area contributed by atoms with Gasteiger partial charge in [-0.25, -0.2) is 0 Å². The molecule has 0 amide bonds. The molecule has 4 N–H and O–H groups in total. The van der Waals surface area contributed by atoms with Gasteiger partial charge >= 0.3 is 0 Å². The molecule has 5 nitrogen and oxygen atoms in total. The number of hydrogen-bond acceptors (Lipinski definition) is 4. The van der Waals surface area contributed by atoms with Gasteiger partial charge in [0.2, 0.25) is 0 Å². The van der Waals surface area contributed by atoms with Gasteiger partial charge in [0.1, 0.15) is 0 Å². The average Bonchev–Trinajstić information content (AvgIpc) is 2.42. The third kappa shape index (κ3) is 4.89. The van der Waals surface area contributed by atoms with Gasteiger partial charge < -0.3 is 21.0 Å². The van der Waals surface area contributed by atoms with Crippen LogP contribution in [0.2, 0.25) is 0 Å². The van der Waals surface area contributed by atoms with E-state index < -0.39 is 0 Å². The van der Waals surface area contributed by atoms with Crippen molar-refractivity contribution in [1.82, 2.24) is 5.32 Å². The molecule has 0 radical (unpaired) electrons. The lowest BCUT2D eigenvalue weighted by atomic mass is 10.0. The zero-order chi connectivity index (χ0) is 14.3. The predicted molar refractivity (Wildman–Crippen MR) is 76.3 cm³/mol. The molecule has 19 heavy (non-hydrogen) atoms. The highest BCUT2D eigenvalue weighted by atomic mass is 16.5. The lowest BCUT2D eigenvalue weighted by Gasteiger charge is -2.21. The third-order valence-corrected chi connectivity index (χ3v) is 3.05. The number of benzene rings is 1. The first-order valence-corrected chi connectivity index (χ1v) is 6.37. The summed E-state index contributed by atoms with van der Waals surface area (Å²) in [4.78, 5) is 0. The van der Waals surface area contributed by atoms with E-state index in [4.69, 9.17) is 15.7 Å². The molecule has 1 aromatic rings. The van der Waals surface area contributed by atoms with Crippen molar-refractivity contribution in [3.8, 4) is 0 Å². The highest BCUT2D eigenvalue weighted by molar-refractivity contribution is 5.97. The fourth-order valence-corrected chi connectivity index (χ4v) is 1.81. The Kier molecular flexibility index (Phi) is 6.32. The Morgan fingerprint density at radius 1 is 1.47 bits per heavy atom. The number of hydrogen-bond donors (Lipinski definition) is 3. The molecule has 0 heterocycles. The Balaban J connectivity index is 2.67. The Morgan fingerprint density at radius 2 is 2.21 bits per heavy atom. The summed E-state index contributed by atoms with van der Waals surface area (Å²) in [5, 5.41) is 15.1. The summed E-state index contributed by atoms with van der Waals surface area (Å²) in [5.74, 6) is 0.617. The number of ether oxygens (including phenoxy) is 1. The van der Waals surface area contributed by atoms with Crippen molar-refractivity contribution < 1.29 is 9.94 Å². The molecule has 0 spiro atoms. The Morgan fingerprint density at radius 3 is 2.79 bits per heavy atom. The molecule has 0 aliphatic heterocycles. The second kappa shape index (κ2) is 7.76. The van der Waals surface area contributed by atoms with Gasteiger partial charge in [0.25, 0.3) is 0 Å². The summed E-state index contributed by atoms with van der Waals surface area (Å²) in [6, 6.07) is 7.92. The normalized spacial score (nSPS) is 13.8. The molecule has 1 atom stereocenters. The van der Waals surface area contributed by atoms with Crippen LogP contribution in [0.4, 0.5) is 0 Å². The number of nitrogens with zero attached hydrogens (tertiary/aromatic N) is 1. The van der Waals surface area contributed by atoms with E-state index in [1.807, 2.05) is 24.3 Å². The fourth-order valence-electron chi connectivity index (χ4n) is 1.81. The number of nitrogens with one attached hydrogen (secondary N) is 1. The first-order valence-electron chi connectivity index (χ1n) is 6.37. The standard InChI is InChI=1S/C14H23N3O2/c1-10(2)13(9-19-3)16-8-11-5-4-6-12(7-11)14(15)17-18/h4-7,10,13,16,18H,8-9H2,1-3H3,(H2,15,17). The number of methoxy groups -OCH3 is 1. The van der Waals surface area contributed by atoms with Crippen molar-refractivity contribution in [2.45, 2.75) is 26.4 Å². The van der Waals surface area contributed by atoms with Gasteiger partial charge in [-0.3, -0.25) is 0 Å². The maximum absolute atomic E-state index is 8.67. The van der Waals surface area contributed by atoms with Crippen molar-refractivity contribution in [3.05, 3.63) is 35.4 Å². The first-order chi connectivity index (χ1) is 9.08. The minimum atomic E-state index is 0.124. The van der Waals surface area contributed by atoms with Crippen LogP contribution in [0.5, 0.6) is 0 Å². The number of amidine groups is 1. The fraction of sp³-hybridized carbons (Fsp3) is 0.500. The van der Waals surface area contributed by atoms with Gasteiger partial charge in [-0.05, 0) is 17.5 Å². The van der Waals surface area contributed by atoms with Gasteiger partial charge in [0, 0.05) is 25.3 Å². The molecule has 0 aromatic heterocycles. The van der Waals surface area contributed by atoms with Crippen LogP contribution in [-0.4, -0.2) is 30.8 Å². The van der Waals surface area contributed by atoms with E-state index in [9.17, 15) is 0 Å². The molecule has 0 saturated carbocycles. The van der Waals surface area contributed by atoms with E-state index in [1.165, 1.54) is 0 Å². The molecule has 0 saturated heterocycles. The summed E-state index contributed by atoms with van der Waals surface area (Å²) < 4.78 is 5.20. The monoisotopic (exact) mass is 265 g/mol. The topological polar surface area (TPSA) is 79.9 Å². The minimum Gasteiger partial charge on any atom is -0.409 e. The van der Waals surface area contributed by atoms with Crippen LogP contribution in [0.15, 0.2) is 29.4 Å². The second-order valence-electron chi connectivity index (χ2n) is 4.87. The molecule has 5 heteroatoms. The average molecular weight is 265 g/mol. The van der Waals surface area contributed by atoms with Crippen molar-refractivity contribution >= 4 is 5.84 Å². The second-order valence-corrected chi connectivity index (χ2v) is 4.87. The van der Waals surface area contributed by atoms with Crippen LogP contribution in [-0.2, 0) is 11.3 Å². The van der Waals surface area contributed by atoms with Crippen LogP contribution in [0, 0.1) is 5.92 Å². The van der Waals surface area contributed by atoms with E-state index in [-0.39, 0.29) is 5.84 Å². The zero-order valence-corrected chi connectivity index (χ0v) is 11.8. The molecule has 0 aliphatic carbocycles. The lowest BCUT2D eigenvalue weighted by molar-refractivity contribution is 0.146. The third-order valence-electron chi connectivity index (χ3n) is 3.05. The molecule has 106 valence electrons. The molecule has 1 rings (SSSR count).